The van der Waals surface area contributed by atoms with Gasteiger partial charge < -0.3 is 15.0 Å². The van der Waals surface area contributed by atoms with Crippen molar-refractivity contribution in [2.45, 2.75) is 6.04 Å². The molecule has 156 valence electrons. The summed E-state index contributed by atoms with van der Waals surface area (Å²) in [6, 6.07) is 7.64. The predicted molar refractivity (Wildman–Crippen MR) is 116 cm³/mol. The zero-order valence-electron chi connectivity index (χ0n) is 15.2. The lowest BCUT2D eigenvalue weighted by Crippen LogP contribution is -2.57. The number of nitrogens with one attached hydrogen (secondary N) is 2. The highest BCUT2D eigenvalue weighted by molar-refractivity contribution is 7.22. The van der Waals surface area contributed by atoms with Crippen LogP contribution in [0.1, 0.15) is 0 Å². The lowest BCUT2D eigenvalue weighted by Gasteiger charge is -2.35. The van der Waals surface area contributed by atoms with Crippen molar-refractivity contribution in [3.8, 4) is 5.75 Å². The number of fused-ring (bicyclic) bond motifs is 1. The van der Waals surface area contributed by atoms with Crippen LogP contribution in [-0.2, 0) is 0 Å². The zero-order chi connectivity index (χ0) is 18.6. The fraction of sp³-hybridized carbons (Fsp3) is 0.278. The van der Waals surface area contributed by atoms with Crippen LogP contribution in [0.25, 0.3) is 10.2 Å². The molecule has 1 aliphatic rings. The van der Waals surface area contributed by atoms with Crippen molar-refractivity contribution in [2.75, 3.05) is 31.6 Å². The Balaban J connectivity index is 0.00000150. The maximum atomic E-state index is 13.3. The molecule has 29 heavy (non-hydrogen) atoms. The molecule has 3 aromatic rings. The van der Waals surface area contributed by atoms with Gasteiger partial charge in [0.15, 0.2) is 5.13 Å². The normalized spacial score (nSPS) is 15.9. The lowest BCUT2D eigenvalue weighted by molar-refractivity contribution is 0.133. The summed E-state index contributed by atoms with van der Waals surface area (Å²) in [6.07, 6.45) is 3.32. The number of rotatable bonds is 4. The topological polar surface area (TPSA) is 79.4 Å². The van der Waals surface area contributed by atoms with Crippen molar-refractivity contribution in [1.82, 2.24) is 20.2 Å². The largest absolute Gasteiger partial charge is 0.490 e. The minimum atomic E-state index is -0.321. The molecule has 1 atom stereocenters. The van der Waals surface area contributed by atoms with Gasteiger partial charge in [0, 0.05) is 25.8 Å². The van der Waals surface area contributed by atoms with E-state index in [1.807, 2.05) is 6.07 Å². The number of urea groups is 1. The highest BCUT2D eigenvalue weighted by Gasteiger charge is 2.28. The molecule has 1 aromatic carbocycles. The number of halogens is 3. The molecule has 1 aliphatic heterocycles. The SMILES string of the molecule is Cl.Cl.O=C(Nc1nc2ccc(F)cc2s1)N1CCNCC1COc1cccnc1. The predicted octanol–water partition coefficient (Wildman–Crippen LogP) is 3.56. The van der Waals surface area contributed by atoms with Gasteiger partial charge in [-0.25, -0.2) is 14.2 Å². The highest BCUT2D eigenvalue weighted by Crippen LogP contribution is 2.27. The van der Waals surface area contributed by atoms with Gasteiger partial charge in [0.2, 0.25) is 0 Å². The Morgan fingerprint density at radius 2 is 2.24 bits per heavy atom. The van der Waals surface area contributed by atoms with E-state index in [2.05, 4.69) is 20.6 Å². The molecule has 1 saturated heterocycles. The molecule has 0 radical (unpaired) electrons. The highest BCUT2D eigenvalue weighted by atomic mass is 35.5. The third-order valence-electron chi connectivity index (χ3n) is 4.25. The molecule has 3 heterocycles. The molecule has 11 heteroatoms. The third kappa shape index (κ3) is 5.66. The molecule has 2 aromatic heterocycles. The van der Waals surface area contributed by atoms with Crippen LogP contribution in [0.5, 0.6) is 5.75 Å². The lowest BCUT2D eigenvalue weighted by atomic mass is 10.2. The van der Waals surface area contributed by atoms with Gasteiger partial charge >= 0.3 is 6.03 Å². The van der Waals surface area contributed by atoms with E-state index in [9.17, 15) is 9.18 Å². The van der Waals surface area contributed by atoms with E-state index in [0.717, 1.165) is 0 Å². The van der Waals surface area contributed by atoms with Gasteiger partial charge in [-0.3, -0.25) is 10.3 Å². The molecule has 0 bridgehead atoms. The van der Waals surface area contributed by atoms with Gasteiger partial charge in [-0.05, 0) is 30.3 Å². The molecule has 2 amide bonds. The number of aromatic nitrogens is 2. The number of pyridine rings is 1. The number of hydrogen-bond acceptors (Lipinski definition) is 6. The van der Waals surface area contributed by atoms with E-state index >= 15 is 0 Å². The van der Waals surface area contributed by atoms with Crippen LogP contribution in [-0.4, -0.2) is 53.2 Å². The Hall–Kier alpha value is -2.20. The van der Waals surface area contributed by atoms with Crippen LogP contribution in [0.2, 0.25) is 0 Å². The van der Waals surface area contributed by atoms with E-state index in [1.54, 1.807) is 29.4 Å². The van der Waals surface area contributed by atoms with Crippen molar-refractivity contribution >= 4 is 57.5 Å². The fourth-order valence-corrected chi connectivity index (χ4v) is 3.80. The Morgan fingerprint density at radius 1 is 1.38 bits per heavy atom. The zero-order valence-corrected chi connectivity index (χ0v) is 17.7. The van der Waals surface area contributed by atoms with Gasteiger partial charge in [0.25, 0.3) is 0 Å². The molecular formula is C18H20Cl2FN5O2S. The third-order valence-corrected chi connectivity index (χ3v) is 5.19. The molecule has 0 saturated carbocycles. The first-order valence-corrected chi connectivity index (χ1v) is 9.38. The van der Waals surface area contributed by atoms with E-state index < -0.39 is 0 Å². The number of ether oxygens (including phenoxy) is 1. The van der Waals surface area contributed by atoms with Gasteiger partial charge in [0.1, 0.15) is 18.2 Å². The maximum absolute atomic E-state index is 13.3. The van der Waals surface area contributed by atoms with E-state index in [4.69, 9.17) is 4.74 Å². The van der Waals surface area contributed by atoms with E-state index in [1.165, 1.54) is 23.5 Å². The monoisotopic (exact) mass is 459 g/mol. The molecule has 7 nitrogen and oxygen atoms in total. The molecule has 0 aliphatic carbocycles. The summed E-state index contributed by atoms with van der Waals surface area (Å²) in [6.45, 7) is 2.27. The van der Waals surface area contributed by atoms with Crippen molar-refractivity contribution < 1.29 is 13.9 Å². The smallest absolute Gasteiger partial charge is 0.324 e. The molecule has 0 spiro atoms. The molecule has 1 unspecified atom stereocenters. The maximum Gasteiger partial charge on any atom is 0.324 e. The van der Waals surface area contributed by atoms with E-state index in [0.29, 0.717) is 47.3 Å². The molecular weight excluding hydrogens is 440 g/mol. The minimum absolute atomic E-state index is 0. The Morgan fingerprint density at radius 3 is 3.03 bits per heavy atom. The minimum Gasteiger partial charge on any atom is -0.490 e. The number of carbonyl (C=O) groups is 1. The summed E-state index contributed by atoms with van der Waals surface area (Å²) in [5.41, 5.74) is 0.661. The van der Waals surface area contributed by atoms with Crippen molar-refractivity contribution in [3.63, 3.8) is 0 Å². The quantitative estimate of drug-likeness (QED) is 0.623. The van der Waals surface area contributed by atoms with Crippen molar-refractivity contribution in [2.24, 2.45) is 0 Å². The number of nitrogens with zero attached hydrogens (tertiary/aromatic N) is 3. The van der Waals surface area contributed by atoms with Crippen LogP contribution in [0.4, 0.5) is 14.3 Å². The van der Waals surface area contributed by atoms with Crippen molar-refractivity contribution in [3.05, 3.63) is 48.5 Å². The average molecular weight is 460 g/mol. The van der Waals surface area contributed by atoms with Crippen LogP contribution in [0.15, 0.2) is 42.7 Å². The first-order valence-electron chi connectivity index (χ1n) is 8.56. The summed E-state index contributed by atoms with van der Waals surface area (Å²) in [4.78, 5) is 22.8. The number of hydrogen-bond donors (Lipinski definition) is 2. The van der Waals surface area contributed by atoms with Crippen molar-refractivity contribution in [1.29, 1.82) is 0 Å². The second kappa shape index (κ2) is 10.5. The van der Waals surface area contributed by atoms with Crippen LogP contribution < -0.4 is 15.4 Å². The number of thiazole rings is 1. The Kier molecular flexibility index (Phi) is 8.39. The van der Waals surface area contributed by atoms with Gasteiger partial charge in [-0.1, -0.05) is 11.3 Å². The molecule has 2 N–H and O–H groups in total. The number of carbonyl (C=O) groups excluding carboxylic acids is 1. The second-order valence-corrected chi connectivity index (χ2v) is 7.14. The second-order valence-electron chi connectivity index (χ2n) is 6.11. The average Bonchev–Trinajstić information content (AvgIpc) is 3.08. The number of amides is 2. The Bertz CT molecular complexity index is 946. The summed E-state index contributed by atoms with van der Waals surface area (Å²) in [7, 11) is 0. The number of anilines is 1. The van der Waals surface area contributed by atoms with Crippen LogP contribution in [0, 0.1) is 5.82 Å². The fourth-order valence-electron chi connectivity index (χ4n) is 2.92. The summed E-state index contributed by atoms with van der Waals surface area (Å²) in [5, 5.41) is 6.55. The number of piperazine rings is 1. The Labute approximate surface area is 183 Å². The number of benzene rings is 1. The summed E-state index contributed by atoms with van der Waals surface area (Å²) < 4.78 is 19.8. The van der Waals surface area contributed by atoms with Gasteiger partial charge in [-0.15, -0.1) is 24.8 Å². The van der Waals surface area contributed by atoms with Gasteiger partial charge in [-0.2, -0.15) is 0 Å². The van der Waals surface area contributed by atoms with Crippen LogP contribution in [0.3, 0.4) is 0 Å². The molecule has 4 rings (SSSR count). The summed E-state index contributed by atoms with van der Waals surface area (Å²) in [5.74, 6) is 0.343. The summed E-state index contributed by atoms with van der Waals surface area (Å²) >= 11 is 1.25. The van der Waals surface area contributed by atoms with E-state index in [-0.39, 0.29) is 42.7 Å². The van der Waals surface area contributed by atoms with Gasteiger partial charge in [0.05, 0.1) is 22.5 Å². The first kappa shape index (κ1) is 23.1. The standard InChI is InChI=1S/C18H18FN5O2S.2ClH/c19-12-3-4-15-16(8-12)27-17(22-15)23-18(25)24-7-6-21-9-13(24)11-26-14-2-1-5-20-10-14;;/h1-5,8,10,13,21H,6-7,9,11H2,(H,22,23,25);2*1H. The molecule has 1 fully saturated rings. The van der Waals surface area contributed by atoms with Crippen LogP contribution >= 0.6 is 36.2 Å². The first-order chi connectivity index (χ1) is 13.2.